The summed E-state index contributed by atoms with van der Waals surface area (Å²) in [6.07, 6.45) is 0. The molecule has 3 heterocycles. The number of hydrogen-bond acceptors (Lipinski definition) is 12. The predicted molar refractivity (Wildman–Crippen MR) is 97.3 cm³/mol. The number of hydrogen-bond donors (Lipinski definition) is 2. The summed E-state index contributed by atoms with van der Waals surface area (Å²) in [6.45, 7) is 0. The molecule has 3 N–H and O–H groups in total. The smallest absolute Gasteiger partial charge is 0.360 e. The van der Waals surface area contributed by atoms with E-state index in [1.165, 1.54) is 35.7 Å². The lowest BCUT2D eigenvalue weighted by Crippen LogP contribution is -2.09. The molecule has 3 aromatic heterocycles. The number of ether oxygens (including phenoxy) is 1. The van der Waals surface area contributed by atoms with Crippen molar-refractivity contribution < 1.29 is 19.1 Å². The van der Waals surface area contributed by atoms with E-state index < -0.39 is 10.9 Å². The van der Waals surface area contributed by atoms with E-state index in [0.717, 1.165) is 0 Å². The highest BCUT2D eigenvalue weighted by molar-refractivity contribution is 7.98. The minimum atomic E-state index is -0.692. The summed E-state index contributed by atoms with van der Waals surface area (Å²) >= 11 is 1.21. The van der Waals surface area contributed by atoms with Gasteiger partial charge in [0, 0.05) is 17.9 Å². The lowest BCUT2D eigenvalue weighted by Gasteiger charge is -2.03. The van der Waals surface area contributed by atoms with Gasteiger partial charge < -0.3 is 15.5 Å². The number of aromatic amines is 1. The number of nitrogens with one attached hydrogen (secondary N) is 1. The zero-order valence-electron chi connectivity index (χ0n) is 14.6. The lowest BCUT2D eigenvalue weighted by atomic mass is 10.3. The number of carbonyl (C=O) groups excluding carboxylic acids is 1. The standard InChI is InChI=1S/C14H11N9O5S/c1-27-13(24)10-9(22(21-18-10)12-11(15)19-28-20-12)5-29-14-16-7-3-2-6(23(25)26)4-8(7)17-14/h2-4H,5H2,1H3,(H2,15,19)(H,16,17). The predicted octanol–water partition coefficient (Wildman–Crippen LogP) is 1.10. The van der Waals surface area contributed by atoms with Gasteiger partial charge in [0.1, 0.15) is 0 Å². The fourth-order valence-electron chi connectivity index (χ4n) is 2.49. The van der Waals surface area contributed by atoms with Crippen LogP contribution in [0.1, 0.15) is 16.2 Å². The number of H-pyrrole nitrogens is 1. The normalized spacial score (nSPS) is 11.1. The third-order valence-electron chi connectivity index (χ3n) is 3.84. The van der Waals surface area contributed by atoms with Crippen molar-refractivity contribution in [3.63, 3.8) is 0 Å². The Morgan fingerprint density at radius 2 is 2.28 bits per heavy atom. The van der Waals surface area contributed by atoms with Gasteiger partial charge in [-0.05, 0) is 16.4 Å². The zero-order valence-corrected chi connectivity index (χ0v) is 15.4. The molecule has 0 radical (unpaired) electrons. The first-order valence-electron chi connectivity index (χ1n) is 7.86. The molecular formula is C14H11N9O5S. The van der Waals surface area contributed by atoms with Crippen LogP contribution in [0, 0.1) is 10.1 Å². The van der Waals surface area contributed by atoms with Crippen LogP contribution >= 0.6 is 11.8 Å². The number of anilines is 1. The maximum Gasteiger partial charge on any atom is 0.360 e. The van der Waals surface area contributed by atoms with Crippen molar-refractivity contribution in [2.45, 2.75) is 10.9 Å². The van der Waals surface area contributed by atoms with Gasteiger partial charge in [0.15, 0.2) is 10.9 Å². The molecule has 14 nitrogen and oxygen atoms in total. The van der Waals surface area contributed by atoms with Gasteiger partial charge in [0.25, 0.3) is 5.69 Å². The molecule has 0 aliphatic heterocycles. The molecule has 148 valence electrons. The van der Waals surface area contributed by atoms with Crippen molar-refractivity contribution in [3.05, 3.63) is 39.7 Å². The van der Waals surface area contributed by atoms with E-state index in [4.69, 9.17) is 10.5 Å². The monoisotopic (exact) mass is 417 g/mol. The number of nitro benzene ring substituents is 1. The lowest BCUT2D eigenvalue weighted by molar-refractivity contribution is -0.384. The molecular weight excluding hydrogens is 406 g/mol. The molecule has 0 saturated carbocycles. The third kappa shape index (κ3) is 3.33. The quantitative estimate of drug-likeness (QED) is 0.196. The van der Waals surface area contributed by atoms with Crippen LogP contribution in [0.15, 0.2) is 28.0 Å². The van der Waals surface area contributed by atoms with Gasteiger partial charge in [0.05, 0.1) is 28.8 Å². The molecule has 1 aromatic carbocycles. The van der Waals surface area contributed by atoms with Crippen molar-refractivity contribution >= 4 is 40.3 Å². The summed E-state index contributed by atoms with van der Waals surface area (Å²) in [5.74, 6) is -0.481. The second-order valence-corrected chi connectivity index (χ2v) is 6.51. The fraction of sp³-hybridized carbons (Fsp3) is 0.143. The number of imidazole rings is 1. The van der Waals surface area contributed by atoms with Crippen LogP contribution in [0.5, 0.6) is 0 Å². The van der Waals surface area contributed by atoms with Crippen LogP contribution < -0.4 is 5.73 Å². The largest absolute Gasteiger partial charge is 0.464 e. The SMILES string of the molecule is COC(=O)c1nnn(-c2nonc2N)c1CSc1nc2ccc([N+](=O)[O-])cc2[nH]1. The number of rotatable bonds is 6. The Morgan fingerprint density at radius 3 is 2.97 bits per heavy atom. The number of nitrogens with zero attached hydrogens (tertiary/aromatic N) is 7. The summed E-state index contributed by atoms with van der Waals surface area (Å²) in [5.41, 5.74) is 7.01. The van der Waals surface area contributed by atoms with E-state index in [1.807, 2.05) is 0 Å². The number of non-ortho nitro benzene ring substituents is 1. The van der Waals surface area contributed by atoms with E-state index in [9.17, 15) is 14.9 Å². The van der Waals surface area contributed by atoms with Gasteiger partial charge in [-0.2, -0.15) is 4.68 Å². The van der Waals surface area contributed by atoms with E-state index in [2.05, 4.69) is 35.2 Å². The topological polar surface area (TPSA) is 194 Å². The Hall–Kier alpha value is -4.01. The Balaban J connectivity index is 1.66. The van der Waals surface area contributed by atoms with Crippen LogP contribution in [0.2, 0.25) is 0 Å². The van der Waals surface area contributed by atoms with E-state index in [1.54, 1.807) is 6.07 Å². The first-order valence-corrected chi connectivity index (χ1v) is 8.84. The number of thioether (sulfide) groups is 1. The van der Waals surface area contributed by atoms with Crippen LogP contribution in [0.3, 0.4) is 0 Å². The van der Waals surface area contributed by atoms with Gasteiger partial charge in [-0.15, -0.1) is 5.10 Å². The average molecular weight is 417 g/mol. The molecule has 0 aliphatic carbocycles. The number of fused-ring (bicyclic) bond motifs is 1. The number of methoxy groups -OCH3 is 1. The van der Waals surface area contributed by atoms with E-state index in [0.29, 0.717) is 21.9 Å². The number of nitrogen functional groups attached to an aromatic ring is 1. The minimum absolute atomic E-state index is 0.0332. The second kappa shape index (κ2) is 7.19. The zero-order chi connectivity index (χ0) is 20.5. The first-order chi connectivity index (χ1) is 14.0. The van der Waals surface area contributed by atoms with Crippen molar-refractivity contribution in [1.82, 2.24) is 35.3 Å². The molecule has 0 bridgehead atoms. The summed E-state index contributed by atoms with van der Waals surface area (Å²) in [7, 11) is 1.22. The van der Waals surface area contributed by atoms with Crippen LogP contribution in [0.4, 0.5) is 11.5 Å². The summed E-state index contributed by atoms with van der Waals surface area (Å²) in [5, 5.41) is 26.2. The van der Waals surface area contributed by atoms with Gasteiger partial charge in [-0.25, -0.2) is 14.4 Å². The molecule has 4 aromatic rings. The summed E-state index contributed by atoms with van der Waals surface area (Å²) in [6, 6.07) is 4.30. The van der Waals surface area contributed by atoms with Gasteiger partial charge >= 0.3 is 5.97 Å². The second-order valence-electron chi connectivity index (χ2n) is 5.55. The average Bonchev–Trinajstić information content (AvgIpc) is 3.42. The van der Waals surface area contributed by atoms with Gasteiger partial charge in [0.2, 0.25) is 11.6 Å². The molecule has 0 saturated heterocycles. The number of benzene rings is 1. The molecule has 29 heavy (non-hydrogen) atoms. The van der Waals surface area contributed by atoms with Gasteiger partial charge in [-0.1, -0.05) is 17.0 Å². The van der Waals surface area contributed by atoms with Crippen molar-refractivity contribution in [1.29, 1.82) is 0 Å². The molecule has 0 amide bonds. The minimum Gasteiger partial charge on any atom is -0.464 e. The number of nitro groups is 1. The maximum atomic E-state index is 12.0. The third-order valence-corrected chi connectivity index (χ3v) is 4.72. The van der Waals surface area contributed by atoms with Crippen LogP contribution in [-0.2, 0) is 10.5 Å². The molecule has 0 aliphatic rings. The number of nitrogens with two attached hydrogens (primary N) is 1. The molecule has 15 heteroatoms. The van der Waals surface area contributed by atoms with Crippen LogP contribution in [-0.4, -0.2) is 53.3 Å². The highest BCUT2D eigenvalue weighted by atomic mass is 32.2. The van der Waals surface area contributed by atoms with Gasteiger partial charge in [-0.3, -0.25) is 10.1 Å². The molecule has 0 unspecified atom stereocenters. The van der Waals surface area contributed by atoms with Crippen molar-refractivity contribution in [3.8, 4) is 5.82 Å². The number of aromatic nitrogens is 7. The Bertz CT molecular complexity index is 1230. The first kappa shape index (κ1) is 18.4. The van der Waals surface area contributed by atoms with E-state index in [-0.39, 0.29) is 28.8 Å². The molecule has 0 fully saturated rings. The Labute approximate surface area is 164 Å². The van der Waals surface area contributed by atoms with Crippen LogP contribution in [0.25, 0.3) is 16.9 Å². The number of carbonyl (C=O) groups is 1. The van der Waals surface area contributed by atoms with Crippen molar-refractivity contribution in [2.24, 2.45) is 0 Å². The van der Waals surface area contributed by atoms with E-state index >= 15 is 0 Å². The fourth-order valence-corrected chi connectivity index (χ4v) is 3.36. The molecule has 4 rings (SSSR count). The summed E-state index contributed by atoms with van der Waals surface area (Å²) < 4.78 is 10.5. The molecule has 0 atom stereocenters. The Kier molecular flexibility index (Phi) is 4.55. The highest BCUT2D eigenvalue weighted by Crippen LogP contribution is 2.27. The summed E-state index contributed by atoms with van der Waals surface area (Å²) in [4.78, 5) is 29.8. The number of esters is 1. The maximum absolute atomic E-state index is 12.0. The highest BCUT2D eigenvalue weighted by Gasteiger charge is 2.25. The molecule has 0 spiro atoms. The Morgan fingerprint density at radius 1 is 1.45 bits per heavy atom. The van der Waals surface area contributed by atoms with Crippen molar-refractivity contribution in [2.75, 3.05) is 12.8 Å².